The number of carbonyl (C=O) groups excluding carboxylic acids is 2. The highest BCUT2D eigenvalue weighted by Crippen LogP contribution is 2.27. The van der Waals surface area contributed by atoms with E-state index >= 15 is 0 Å². The molecule has 3 aromatic rings. The molecule has 3 rings (SSSR count). The molecular weight excluding hydrogens is 594 g/mol. The third kappa shape index (κ3) is 6.53. The maximum atomic E-state index is 12.7. The van der Waals surface area contributed by atoms with Crippen LogP contribution in [0.4, 0.5) is 11.4 Å². The first-order valence-electron chi connectivity index (χ1n) is 8.55. The SMILES string of the molecule is O=C(CNC(=O)c1ccc(Br)s1)Nc1ccc(Cl)c(S(=O)(=O)Nc2ccc(Br)cc2)c1. The molecule has 1 aromatic heterocycles. The average Bonchev–Trinajstić information content (AvgIpc) is 3.15. The summed E-state index contributed by atoms with van der Waals surface area (Å²) in [5, 5.41) is 5.05. The van der Waals surface area contributed by atoms with Crippen LogP contribution in [0.1, 0.15) is 9.67 Å². The predicted octanol–water partition coefficient (Wildman–Crippen LogP) is 5.10. The lowest BCUT2D eigenvalue weighted by Crippen LogP contribution is -2.32. The second-order valence-electron chi connectivity index (χ2n) is 6.09. The van der Waals surface area contributed by atoms with Crippen LogP contribution < -0.4 is 15.4 Å². The molecule has 0 radical (unpaired) electrons. The van der Waals surface area contributed by atoms with Crippen molar-refractivity contribution in [1.82, 2.24) is 5.32 Å². The molecule has 12 heteroatoms. The molecule has 0 saturated carbocycles. The van der Waals surface area contributed by atoms with Gasteiger partial charge in [0.1, 0.15) is 4.90 Å². The summed E-state index contributed by atoms with van der Waals surface area (Å²) in [5.74, 6) is -0.903. The topological polar surface area (TPSA) is 104 Å². The van der Waals surface area contributed by atoms with Gasteiger partial charge in [-0.05, 0) is 70.5 Å². The molecule has 0 aliphatic carbocycles. The van der Waals surface area contributed by atoms with Gasteiger partial charge in [-0.15, -0.1) is 11.3 Å². The molecule has 0 fully saturated rings. The Kier molecular flexibility index (Phi) is 7.76. The first kappa shape index (κ1) is 23.7. The molecule has 0 unspecified atom stereocenters. The van der Waals surface area contributed by atoms with E-state index in [2.05, 4.69) is 47.2 Å². The lowest BCUT2D eigenvalue weighted by atomic mass is 10.3. The molecule has 31 heavy (non-hydrogen) atoms. The van der Waals surface area contributed by atoms with Crippen molar-refractivity contribution >= 4 is 88.0 Å². The fraction of sp³-hybridized carbons (Fsp3) is 0.0526. The highest BCUT2D eigenvalue weighted by Gasteiger charge is 2.19. The Morgan fingerprint density at radius 3 is 2.29 bits per heavy atom. The first-order chi connectivity index (χ1) is 14.6. The number of halogens is 3. The number of thiophene rings is 1. The molecule has 162 valence electrons. The van der Waals surface area contributed by atoms with Crippen molar-refractivity contribution in [1.29, 1.82) is 0 Å². The number of amides is 2. The Morgan fingerprint density at radius 1 is 0.968 bits per heavy atom. The van der Waals surface area contributed by atoms with Crippen molar-refractivity contribution in [3.8, 4) is 0 Å². The van der Waals surface area contributed by atoms with Crippen LogP contribution in [0.3, 0.4) is 0 Å². The first-order valence-corrected chi connectivity index (χ1v) is 12.8. The second kappa shape index (κ2) is 10.1. The van der Waals surface area contributed by atoms with Crippen molar-refractivity contribution in [3.05, 3.63) is 72.8 Å². The van der Waals surface area contributed by atoms with Crippen LogP contribution in [0, 0.1) is 0 Å². The Balaban J connectivity index is 1.67. The highest BCUT2D eigenvalue weighted by atomic mass is 79.9. The molecule has 0 spiro atoms. The lowest BCUT2D eigenvalue weighted by molar-refractivity contribution is -0.115. The predicted molar refractivity (Wildman–Crippen MR) is 129 cm³/mol. The average molecular weight is 608 g/mol. The van der Waals surface area contributed by atoms with Gasteiger partial charge in [0, 0.05) is 15.8 Å². The zero-order chi connectivity index (χ0) is 22.6. The summed E-state index contributed by atoms with van der Waals surface area (Å²) in [7, 11) is -4.00. The van der Waals surface area contributed by atoms with Crippen molar-refractivity contribution in [2.24, 2.45) is 0 Å². The van der Waals surface area contributed by atoms with E-state index in [1.54, 1.807) is 36.4 Å². The van der Waals surface area contributed by atoms with Crippen LogP contribution in [-0.2, 0) is 14.8 Å². The second-order valence-corrected chi connectivity index (χ2v) is 11.5. The Bertz CT molecular complexity index is 1230. The summed E-state index contributed by atoms with van der Waals surface area (Å²) < 4.78 is 29.5. The molecule has 1 heterocycles. The quantitative estimate of drug-likeness (QED) is 0.348. The van der Waals surface area contributed by atoms with Gasteiger partial charge in [0.05, 0.1) is 20.2 Å². The Hall–Kier alpha value is -1.92. The number of rotatable bonds is 7. The standard InChI is InChI=1S/C19H14Br2ClN3O4S2/c20-11-1-3-12(4-2-11)25-31(28,29)16-9-13(5-6-14(16)22)24-18(26)10-23-19(27)15-7-8-17(21)30-15/h1-9,25H,10H2,(H,23,27)(H,24,26). The summed E-state index contributed by atoms with van der Waals surface area (Å²) in [6.07, 6.45) is 0. The molecule has 0 bridgehead atoms. The molecule has 0 saturated heterocycles. The van der Waals surface area contributed by atoms with Gasteiger partial charge in [-0.3, -0.25) is 14.3 Å². The van der Waals surface area contributed by atoms with E-state index in [-0.39, 0.29) is 28.1 Å². The largest absolute Gasteiger partial charge is 0.342 e. The minimum atomic E-state index is -4.00. The van der Waals surface area contributed by atoms with Gasteiger partial charge in [0.25, 0.3) is 15.9 Å². The van der Waals surface area contributed by atoms with Crippen LogP contribution >= 0.6 is 54.8 Å². The van der Waals surface area contributed by atoms with Crippen LogP contribution in [0.2, 0.25) is 5.02 Å². The van der Waals surface area contributed by atoms with E-state index in [1.807, 2.05) is 0 Å². The fourth-order valence-electron chi connectivity index (χ4n) is 2.40. The minimum Gasteiger partial charge on any atom is -0.342 e. The van der Waals surface area contributed by atoms with Crippen LogP contribution in [0.15, 0.2) is 67.8 Å². The van der Waals surface area contributed by atoms with E-state index in [1.165, 1.54) is 29.5 Å². The van der Waals surface area contributed by atoms with Crippen molar-refractivity contribution in [2.45, 2.75) is 4.90 Å². The number of hydrogen-bond donors (Lipinski definition) is 3. The molecule has 7 nitrogen and oxygen atoms in total. The smallest absolute Gasteiger partial charge is 0.263 e. The zero-order valence-corrected chi connectivity index (χ0v) is 21.0. The normalized spacial score (nSPS) is 11.1. The van der Waals surface area contributed by atoms with Crippen molar-refractivity contribution < 1.29 is 18.0 Å². The number of anilines is 2. The monoisotopic (exact) mass is 605 g/mol. The van der Waals surface area contributed by atoms with Gasteiger partial charge in [-0.2, -0.15) is 0 Å². The number of carbonyl (C=O) groups is 2. The van der Waals surface area contributed by atoms with Gasteiger partial charge in [-0.25, -0.2) is 8.42 Å². The number of nitrogens with one attached hydrogen (secondary N) is 3. The summed E-state index contributed by atoms with van der Waals surface area (Å²) >= 11 is 13.9. The maximum Gasteiger partial charge on any atom is 0.263 e. The highest BCUT2D eigenvalue weighted by molar-refractivity contribution is 9.11. The van der Waals surface area contributed by atoms with Gasteiger partial charge in [0.2, 0.25) is 5.91 Å². The van der Waals surface area contributed by atoms with Gasteiger partial charge >= 0.3 is 0 Å². The summed E-state index contributed by atoms with van der Waals surface area (Å²) in [6, 6.07) is 14.0. The van der Waals surface area contributed by atoms with Crippen LogP contribution in [0.25, 0.3) is 0 Å². The van der Waals surface area contributed by atoms with Crippen molar-refractivity contribution in [3.63, 3.8) is 0 Å². The van der Waals surface area contributed by atoms with E-state index in [0.717, 1.165) is 8.26 Å². The molecule has 0 atom stereocenters. The molecule has 0 aliphatic heterocycles. The minimum absolute atomic E-state index is 0.000754. The van der Waals surface area contributed by atoms with E-state index in [0.29, 0.717) is 10.6 Å². The van der Waals surface area contributed by atoms with Crippen LogP contribution in [0.5, 0.6) is 0 Å². The van der Waals surface area contributed by atoms with Crippen molar-refractivity contribution in [2.75, 3.05) is 16.6 Å². The number of benzene rings is 2. The van der Waals surface area contributed by atoms with Gasteiger partial charge in [0.15, 0.2) is 0 Å². The Morgan fingerprint density at radius 2 is 1.65 bits per heavy atom. The third-order valence-electron chi connectivity index (χ3n) is 3.81. The number of hydrogen-bond acceptors (Lipinski definition) is 5. The van der Waals surface area contributed by atoms with E-state index < -0.39 is 15.9 Å². The van der Waals surface area contributed by atoms with E-state index in [9.17, 15) is 18.0 Å². The van der Waals surface area contributed by atoms with Gasteiger partial charge < -0.3 is 10.6 Å². The molecule has 3 N–H and O–H groups in total. The summed E-state index contributed by atoms with van der Waals surface area (Å²) in [5.41, 5.74) is 0.579. The summed E-state index contributed by atoms with van der Waals surface area (Å²) in [4.78, 5) is 24.5. The molecule has 2 aromatic carbocycles. The van der Waals surface area contributed by atoms with Crippen LogP contribution in [-0.4, -0.2) is 26.8 Å². The lowest BCUT2D eigenvalue weighted by Gasteiger charge is -2.12. The third-order valence-corrected chi connectivity index (χ3v) is 7.82. The molecule has 2 amide bonds. The fourth-order valence-corrected chi connectivity index (χ4v) is 5.56. The van der Waals surface area contributed by atoms with E-state index in [4.69, 9.17) is 11.6 Å². The molecule has 0 aliphatic rings. The van der Waals surface area contributed by atoms with Gasteiger partial charge in [-0.1, -0.05) is 27.5 Å². The molecular formula is C19H14Br2ClN3O4S2. The number of sulfonamides is 1. The Labute approximate surface area is 204 Å². The summed E-state index contributed by atoms with van der Waals surface area (Å²) in [6.45, 7) is -0.282. The maximum absolute atomic E-state index is 12.7. The zero-order valence-electron chi connectivity index (χ0n) is 15.5.